The van der Waals surface area contributed by atoms with Crippen molar-refractivity contribution >= 4 is 13.4 Å². The lowest BCUT2D eigenvalue weighted by Crippen LogP contribution is -2.36. The lowest BCUT2D eigenvalue weighted by Gasteiger charge is -2.19. The molecule has 1 amide bonds. The van der Waals surface area contributed by atoms with Gasteiger partial charge in [0.05, 0.1) is 6.73 Å². The molecule has 4 nitrogen and oxygen atoms in total. The first-order valence-electron chi connectivity index (χ1n) is 3.77. The van der Waals surface area contributed by atoms with Gasteiger partial charge in [-0.2, -0.15) is 0 Å². The molecule has 0 aromatic carbocycles. The molecule has 1 aliphatic rings. The van der Waals surface area contributed by atoms with Crippen LogP contribution in [0.4, 0.5) is 0 Å². The summed E-state index contributed by atoms with van der Waals surface area (Å²) < 4.78 is 4.84. The zero-order chi connectivity index (χ0) is 8.10. The highest BCUT2D eigenvalue weighted by atomic mass is 16.4. The lowest BCUT2D eigenvalue weighted by atomic mass is 9.74. The molecule has 1 aliphatic heterocycles. The molecule has 1 unspecified atom stereocenters. The third-order valence-electron chi connectivity index (χ3n) is 1.68. The van der Waals surface area contributed by atoms with Gasteiger partial charge in [0.25, 0.3) is 0 Å². The minimum atomic E-state index is -0.104. The zero-order valence-corrected chi connectivity index (χ0v) is 6.38. The van der Waals surface area contributed by atoms with Crippen LogP contribution < -0.4 is 11.1 Å². The van der Waals surface area contributed by atoms with E-state index in [0.717, 1.165) is 19.4 Å². The van der Waals surface area contributed by atoms with Crippen molar-refractivity contribution in [2.45, 2.75) is 18.7 Å². The van der Waals surface area contributed by atoms with Crippen LogP contribution in [0.15, 0.2) is 0 Å². The molecule has 0 spiro atoms. The third-order valence-corrected chi connectivity index (χ3v) is 1.68. The van der Waals surface area contributed by atoms with Crippen LogP contribution >= 0.6 is 0 Å². The molecule has 1 saturated heterocycles. The topological polar surface area (TPSA) is 64.3 Å². The van der Waals surface area contributed by atoms with E-state index in [1.165, 1.54) is 7.48 Å². The minimum Gasteiger partial charge on any atom is -0.428 e. The number of carbonyl (C=O) groups is 1. The summed E-state index contributed by atoms with van der Waals surface area (Å²) in [5.74, 6) is -0.0583. The van der Waals surface area contributed by atoms with Gasteiger partial charge < -0.3 is 15.7 Å². The fraction of sp³-hybridized carbons (Fsp3) is 0.833. The molecule has 0 aromatic heterocycles. The van der Waals surface area contributed by atoms with Crippen molar-refractivity contribution in [2.24, 2.45) is 5.73 Å². The summed E-state index contributed by atoms with van der Waals surface area (Å²) >= 11 is 0. The Labute approximate surface area is 66.7 Å². The predicted molar refractivity (Wildman–Crippen MR) is 41.9 cm³/mol. The summed E-state index contributed by atoms with van der Waals surface area (Å²) in [6, 6.07) is 0. The fourth-order valence-corrected chi connectivity index (χ4v) is 1.10. The molecular formula is C6H12BN2O2. The van der Waals surface area contributed by atoms with Crippen LogP contribution in [0.5, 0.6) is 0 Å². The van der Waals surface area contributed by atoms with Crippen molar-refractivity contribution in [3.05, 3.63) is 0 Å². The van der Waals surface area contributed by atoms with Gasteiger partial charge in [-0.1, -0.05) is 0 Å². The molecular weight excluding hydrogens is 143 g/mol. The van der Waals surface area contributed by atoms with Crippen molar-refractivity contribution in [3.8, 4) is 0 Å². The van der Waals surface area contributed by atoms with Crippen LogP contribution in [0.3, 0.4) is 0 Å². The molecule has 1 radical (unpaired) electrons. The normalized spacial score (nSPS) is 24.5. The molecule has 0 bridgehead atoms. The van der Waals surface area contributed by atoms with Gasteiger partial charge in [0.2, 0.25) is 5.91 Å². The SMILES string of the molecule is NCO[B]C1CCCNC1=O. The Morgan fingerprint density at radius 3 is 3.27 bits per heavy atom. The van der Waals surface area contributed by atoms with E-state index in [2.05, 4.69) is 5.32 Å². The maximum atomic E-state index is 11.0. The number of rotatable bonds is 3. The molecule has 61 valence electrons. The summed E-state index contributed by atoms with van der Waals surface area (Å²) in [6.45, 7) is 0.926. The maximum absolute atomic E-state index is 11.0. The highest BCUT2D eigenvalue weighted by Crippen LogP contribution is 2.15. The Kier molecular flexibility index (Phi) is 3.39. The Balaban J connectivity index is 2.24. The number of hydrogen-bond donors (Lipinski definition) is 2. The van der Waals surface area contributed by atoms with Crippen molar-refractivity contribution in [1.29, 1.82) is 0 Å². The molecule has 3 N–H and O–H groups in total. The Morgan fingerprint density at radius 2 is 2.64 bits per heavy atom. The van der Waals surface area contributed by atoms with Crippen LogP contribution in [0.2, 0.25) is 5.82 Å². The third kappa shape index (κ3) is 2.51. The summed E-state index contributed by atoms with van der Waals surface area (Å²) in [6.07, 6.45) is 1.88. The van der Waals surface area contributed by atoms with E-state index in [1.807, 2.05) is 0 Å². The number of nitrogens with two attached hydrogens (primary N) is 1. The molecule has 1 atom stereocenters. The smallest absolute Gasteiger partial charge is 0.307 e. The molecule has 1 heterocycles. The van der Waals surface area contributed by atoms with E-state index in [1.54, 1.807) is 0 Å². The van der Waals surface area contributed by atoms with Crippen LogP contribution in [0.25, 0.3) is 0 Å². The van der Waals surface area contributed by atoms with E-state index in [4.69, 9.17) is 10.4 Å². The molecule has 0 saturated carbocycles. The van der Waals surface area contributed by atoms with Crippen molar-refractivity contribution < 1.29 is 9.45 Å². The van der Waals surface area contributed by atoms with Crippen LogP contribution in [-0.4, -0.2) is 26.7 Å². The number of hydrogen-bond acceptors (Lipinski definition) is 3. The first kappa shape index (κ1) is 8.55. The van der Waals surface area contributed by atoms with E-state index in [-0.39, 0.29) is 18.5 Å². The van der Waals surface area contributed by atoms with Crippen LogP contribution in [0.1, 0.15) is 12.8 Å². The molecule has 0 aliphatic carbocycles. The fourth-order valence-electron chi connectivity index (χ4n) is 1.10. The van der Waals surface area contributed by atoms with Gasteiger partial charge in [-0.15, -0.1) is 0 Å². The monoisotopic (exact) mass is 155 g/mol. The van der Waals surface area contributed by atoms with E-state index < -0.39 is 0 Å². The van der Waals surface area contributed by atoms with E-state index >= 15 is 0 Å². The predicted octanol–water partition coefficient (Wildman–Crippen LogP) is -0.763. The Morgan fingerprint density at radius 1 is 1.82 bits per heavy atom. The summed E-state index contributed by atoms with van der Waals surface area (Å²) in [7, 11) is 1.52. The lowest BCUT2D eigenvalue weighted by molar-refractivity contribution is -0.122. The number of nitrogens with one attached hydrogen (secondary N) is 1. The van der Waals surface area contributed by atoms with Gasteiger partial charge in [0.15, 0.2) is 0 Å². The highest BCUT2D eigenvalue weighted by molar-refractivity contribution is 6.37. The van der Waals surface area contributed by atoms with Crippen LogP contribution in [0, 0.1) is 0 Å². The minimum absolute atomic E-state index is 0.0460. The standard InChI is InChI=1S/C6H12BN2O2/c8-4-11-7-5-2-1-3-9-6(5)10/h5H,1-4,8H2,(H,9,10). The highest BCUT2D eigenvalue weighted by Gasteiger charge is 2.23. The molecule has 1 rings (SSSR count). The van der Waals surface area contributed by atoms with Crippen molar-refractivity contribution in [3.63, 3.8) is 0 Å². The second-order valence-corrected chi connectivity index (χ2v) is 2.51. The van der Waals surface area contributed by atoms with E-state index in [9.17, 15) is 4.79 Å². The van der Waals surface area contributed by atoms with Gasteiger partial charge in [0.1, 0.15) is 0 Å². The molecule has 0 aromatic rings. The average molecular weight is 155 g/mol. The van der Waals surface area contributed by atoms with Gasteiger partial charge in [-0.05, 0) is 12.8 Å². The average Bonchev–Trinajstić information content (AvgIpc) is 2.03. The second-order valence-electron chi connectivity index (χ2n) is 2.51. The first-order valence-corrected chi connectivity index (χ1v) is 3.77. The maximum Gasteiger partial charge on any atom is 0.307 e. The zero-order valence-electron chi connectivity index (χ0n) is 6.38. The summed E-state index contributed by atoms with van der Waals surface area (Å²) in [4.78, 5) is 11.0. The Bertz CT molecular complexity index is 143. The number of amides is 1. The molecule has 11 heavy (non-hydrogen) atoms. The first-order chi connectivity index (χ1) is 5.34. The van der Waals surface area contributed by atoms with Crippen LogP contribution in [-0.2, 0) is 9.45 Å². The van der Waals surface area contributed by atoms with Gasteiger partial charge in [-0.3, -0.25) is 4.79 Å². The van der Waals surface area contributed by atoms with Gasteiger partial charge in [-0.25, -0.2) is 0 Å². The van der Waals surface area contributed by atoms with Gasteiger partial charge in [0, 0.05) is 12.4 Å². The Hall–Kier alpha value is -0.545. The molecule has 5 heteroatoms. The summed E-state index contributed by atoms with van der Waals surface area (Å²) in [5, 5.41) is 2.75. The summed E-state index contributed by atoms with van der Waals surface area (Å²) in [5.41, 5.74) is 5.11. The number of carbonyl (C=O) groups excluding carboxylic acids is 1. The van der Waals surface area contributed by atoms with E-state index in [0.29, 0.717) is 0 Å². The molecule has 1 fully saturated rings. The quantitative estimate of drug-likeness (QED) is 0.415. The largest absolute Gasteiger partial charge is 0.428 e. The van der Waals surface area contributed by atoms with Crippen molar-refractivity contribution in [1.82, 2.24) is 5.32 Å². The van der Waals surface area contributed by atoms with Crippen molar-refractivity contribution in [2.75, 3.05) is 13.3 Å². The number of piperidine rings is 1. The van der Waals surface area contributed by atoms with Gasteiger partial charge >= 0.3 is 7.48 Å². The second kappa shape index (κ2) is 4.36.